The summed E-state index contributed by atoms with van der Waals surface area (Å²) < 4.78 is 5.79. The molecule has 1 N–H and O–H groups in total. The van der Waals surface area contributed by atoms with E-state index >= 15 is 0 Å². The number of nitrogens with zero attached hydrogens (tertiary/aromatic N) is 1. The molecule has 1 saturated carbocycles. The van der Waals surface area contributed by atoms with E-state index in [0.29, 0.717) is 0 Å². The van der Waals surface area contributed by atoms with Gasteiger partial charge in [-0.2, -0.15) is 0 Å². The van der Waals surface area contributed by atoms with Crippen LogP contribution in [-0.2, 0) is 0 Å². The van der Waals surface area contributed by atoms with Gasteiger partial charge in [-0.05, 0) is 36.9 Å². The van der Waals surface area contributed by atoms with E-state index in [1.807, 2.05) is 6.07 Å². The highest BCUT2D eigenvalue weighted by Crippen LogP contribution is 2.30. The van der Waals surface area contributed by atoms with E-state index < -0.39 is 0 Å². The average Bonchev–Trinajstić information content (AvgIpc) is 2.94. The van der Waals surface area contributed by atoms with Gasteiger partial charge in [0.15, 0.2) is 4.34 Å². The molecule has 2 aromatic rings. The molecule has 4 heteroatoms. The van der Waals surface area contributed by atoms with Crippen molar-refractivity contribution in [3.8, 4) is 0 Å². The molecule has 1 aromatic heterocycles. The number of nitrogens with one attached hydrogen (secondary N) is 1. The van der Waals surface area contributed by atoms with Gasteiger partial charge in [0, 0.05) is 6.04 Å². The number of rotatable bonds is 3. The summed E-state index contributed by atoms with van der Waals surface area (Å²) in [5.74, 6) is 0. The van der Waals surface area contributed by atoms with Crippen molar-refractivity contribution in [3.05, 3.63) is 24.3 Å². The molecule has 0 aliphatic heterocycles. The van der Waals surface area contributed by atoms with Crippen molar-refractivity contribution in [2.45, 2.75) is 23.2 Å². The van der Waals surface area contributed by atoms with Crippen molar-refractivity contribution < 1.29 is 0 Å². The average molecular weight is 222 g/mol. The van der Waals surface area contributed by atoms with Gasteiger partial charge < -0.3 is 0 Å². The first-order valence-electron chi connectivity index (χ1n) is 4.70. The van der Waals surface area contributed by atoms with Crippen molar-refractivity contribution in [1.29, 1.82) is 0 Å². The molecule has 1 fully saturated rings. The second-order valence-corrected chi connectivity index (χ2v) is 5.56. The molecule has 1 aliphatic carbocycles. The maximum Gasteiger partial charge on any atom is 0.166 e. The lowest BCUT2D eigenvalue weighted by Gasteiger charge is -1.94. The van der Waals surface area contributed by atoms with Gasteiger partial charge >= 0.3 is 0 Å². The van der Waals surface area contributed by atoms with Gasteiger partial charge in [0.05, 0.1) is 10.2 Å². The number of aromatic nitrogens is 1. The molecule has 0 spiro atoms. The lowest BCUT2D eigenvalue weighted by Crippen LogP contribution is -2.04. The Hall–Kier alpha value is -0.580. The molecule has 3 rings (SSSR count). The van der Waals surface area contributed by atoms with Gasteiger partial charge in [-0.3, -0.25) is 4.72 Å². The molecule has 1 heterocycles. The normalized spacial score (nSPS) is 16.3. The predicted molar refractivity (Wildman–Crippen MR) is 61.6 cm³/mol. The molecule has 0 saturated heterocycles. The lowest BCUT2D eigenvalue weighted by atomic mass is 10.3. The van der Waals surface area contributed by atoms with Crippen molar-refractivity contribution in [2.24, 2.45) is 0 Å². The highest BCUT2D eigenvalue weighted by molar-refractivity contribution is 7.99. The Morgan fingerprint density at radius 1 is 1.36 bits per heavy atom. The van der Waals surface area contributed by atoms with Gasteiger partial charge in [-0.25, -0.2) is 4.98 Å². The van der Waals surface area contributed by atoms with Gasteiger partial charge in [-0.15, -0.1) is 11.3 Å². The first kappa shape index (κ1) is 8.71. The van der Waals surface area contributed by atoms with E-state index in [-0.39, 0.29) is 0 Å². The second kappa shape index (κ2) is 3.53. The van der Waals surface area contributed by atoms with E-state index in [0.717, 1.165) is 15.9 Å². The summed E-state index contributed by atoms with van der Waals surface area (Å²) in [6.07, 6.45) is 2.63. The highest BCUT2D eigenvalue weighted by atomic mass is 32.2. The molecule has 0 bridgehead atoms. The van der Waals surface area contributed by atoms with E-state index in [1.165, 1.54) is 17.5 Å². The first-order chi connectivity index (χ1) is 6.92. The largest absolute Gasteiger partial charge is 0.255 e. The molecule has 0 unspecified atom stereocenters. The van der Waals surface area contributed by atoms with Crippen LogP contribution in [0.1, 0.15) is 12.8 Å². The SMILES string of the molecule is c1ccc2sc(SNC3CC3)nc2c1. The van der Waals surface area contributed by atoms with Crippen LogP contribution in [0.5, 0.6) is 0 Å². The fraction of sp³-hybridized carbons (Fsp3) is 0.300. The predicted octanol–water partition coefficient (Wildman–Crippen LogP) is 3.06. The smallest absolute Gasteiger partial charge is 0.166 e. The minimum absolute atomic E-state index is 0.729. The second-order valence-electron chi connectivity index (χ2n) is 3.44. The summed E-state index contributed by atoms with van der Waals surface area (Å²) in [4.78, 5) is 4.53. The first-order valence-corrected chi connectivity index (χ1v) is 6.33. The summed E-state index contributed by atoms with van der Waals surface area (Å²) in [6, 6.07) is 9.00. The quantitative estimate of drug-likeness (QED) is 0.808. The molecule has 14 heavy (non-hydrogen) atoms. The van der Waals surface area contributed by atoms with Crippen LogP contribution in [0.2, 0.25) is 0 Å². The highest BCUT2D eigenvalue weighted by Gasteiger charge is 2.21. The number of fused-ring (bicyclic) bond motifs is 1. The van der Waals surface area contributed by atoms with Gasteiger partial charge in [0.2, 0.25) is 0 Å². The molecule has 1 aliphatic rings. The zero-order chi connectivity index (χ0) is 9.38. The summed E-state index contributed by atoms with van der Waals surface area (Å²) in [5.41, 5.74) is 1.11. The van der Waals surface area contributed by atoms with Crippen molar-refractivity contribution >= 4 is 33.5 Å². The van der Waals surface area contributed by atoms with Crippen LogP contribution in [0.25, 0.3) is 10.2 Å². The lowest BCUT2D eigenvalue weighted by molar-refractivity contribution is 0.968. The number of para-hydroxylation sites is 1. The van der Waals surface area contributed by atoms with E-state index in [1.54, 1.807) is 23.3 Å². The Bertz CT molecular complexity index is 415. The minimum atomic E-state index is 0.729. The Morgan fingerprint density at radius 3 is 3.00 bits per heavy atom. The van der Waals surface area contributed by atoms with Gasteiger partial charge in [0.1, 0.15) is 0 Å². The van der Waals surface area contributed by atoms with Gasteiger partial charge in [-0.1, -0.05) is 12.1 Å². The summed E-state index contributed by atoms with van der Waals surface area (Å²) in [6.45, 7) is 0. The van der Waals surface area contributed by atoms with Crippen LogP contribution in [0.15, 0.2) is 28.6 Å². The van der Waals surface area contributed by atoms with Crippen LogP contribution >= 0.6 is 23.3 Å². The number of hydrogen-bond donors (Lipinski definition) is 1. The van der Waals surface area contributed by atoms with Crippen LogP contribution in [0, 0.1) is 0 Å². The number of benzene rings is 1. The molecule has 0 amide bonds. The maximum absolute atomic E-state index is 4.53. The summed E-state index contributed by atoms with van der Waals surface area (Å²) >= 11 is 3.43. The summed E-state index contributed by atoms with van der Waals surface area (Å²) in [5, 5.41) is 0. The fourth-order valence-corrected chi connectivity index (χ4v) is 3.15. The minimum Gasteiger partial charge on any atom is -0.255 e. The molecule has 0 atom stereocenters. The Labute approximate surface area is 90.9 Å². The van der Waals surface area contributed by atoms with Crippen LogP contribution in [0.4, 0.5) is 0 Å². The molecule has 0 radical (unpaired) electrons. The fourth-order valence-electron chi connectivity index (χ4n) is 1.23. The van der Waals surface area contributed by atoms with E-state index in [4.69, 9.17) is 0 Å². The number of hydrogen-bond acceptors (Lipinski definition) is 4. The third kappa shape index (κ3) is 1.78. The third-order valence-corrected chi connectivity index (χ3v) is 4.21. The van der Waals surface area contributed by atoms with Crippen molar-refractivity contribution in [2.75, 3.05) is 0 Å². The zero-order valence-electron chi connectivity index (χ0n) is 7.56. The zero-order valence-corrected chi connectivity index (χ0v) is 9.20. The molecular weight excluding hydrogens is 212 g/mol. The topological polar surface area (TPSA) is 24.9 Å². The molecular formula is C10H10N2S2. The van der Waals surface area contributed by atoms with Crippen LogP contribution in [-0.4, -0.2) is 11.0 Å². The van der Waals surface area contributed by atoms with Crippen molar-refractivity contribution in [1.82, 2.24) is 9.71 Å². The maximum atomic E-state index is 4.53. The van der Waals surface area contributed by atoms with Crippen LogP contribution < -0.4 is 4.72 Å². The summed E-state index contributed by atoms with van der Waals surface area (Å²) in [7, 11) is 0. The molecule has 1 aromatic carbocycles. The van der Waals surface area contributed by atoms with E-state index in [9.17, 15) is 0 Å². The third-order valence-electron chi connectivity index (χ3n) is 2.16. The Balaban J connectivity index is 1.82. The van der Waals surface area contributed by atoms with E-state index in [2.05, 4.69) is 27.9 Å². The standard InChI is InChI=1S/C10H10N2S2/c1-2-4-9-8(3-1)11-10(13-9)14-12-7-5-6-7/h1-4,7,12H,5-6H2. The van der Waals surface area contributed by atoms with Crippen molar-refractivity contribution in [3.63, 3.8) is 0 Å². The van der Waals surface area contributed by atoms with Crippen LogP contribution in [0.3, 0.4) is 0 Å². The monoisotopic (exact) mass is 222 g/mol. The number of thiazole rings is 1. The van der Waals surface area contributed by atoms with Gasteiger partial charge in [0.25, 0.3) is 0 Å². The molecule has 2 nitrogen and oxygen atoms in total. The molecule has 72 valence electrons. The Kier molecular flexibility index (Phi) is 2.20. The Morgan fingerprint density at radius 2 is 2.21 bits per heavy atom.